The lowest BCUT2D eigenvalue weighted by Crippen LogP contribution is -2.07. The predicted octanol–water partition coefficient (Wildman–Crippen LogP) is 5.29. The third-order valence-corrected chi connectivity index (χ3v) is 4.36. The first-order valence-electron chi connectivity index (χ1n) is 7.44. The lowest BCUT2D eigenvalue weighted by atomic mass is 10.2. The first kappa shape index (κ1) is 16.9. The van der Waals surface area contributed by atoms with Crippen LogP contribution in [0.5, 0.6) is 0 Å². The molecule has 2 aromatic rings. The summed E-state index contributed by atoms with van der Waals surface area (Å²) in [4.78, 5) is 2.75. The number of benzene rings is 2. The molecule has 0 saturated carbocycles. The molecule has 0 radical (unpaired) electrons. The van der Waals surface area contributed by atoms with Gasteiger partial charge in [0.2, 0.25) is 0 Å². The molecule has 2 rings (SSSR count). The SMILES string of the molecule is Cc1ccc(N(C)/C=C\C=C(\C#N)SCc2ccccc2)cc1. The summed E-state index contributed by atoms with van der Waals surface area (Å²) >= 11 is 1.55. The molecule has 2 aromatic carbocycles. The minimum absolute atomic E-state index is 0.711. The zero-order valence-electron chi connectivity index (χ0n) is 13.4. The lowest BCUT2D eigenvalue weighted by molar-refractivity contribution is 1.20. The van der Waals surface area contributed by atoms with Crippen LogP contribution in [0.3, 0.4) is 0 Å². The standard InChI is InChI=1S/C20H20N2S/c1-17-10-12-19(13-11-17)22(2)14-6-9-20(15-21)23-16-18-7-4-3-5-8-18/h3-14H,16H2,1-2H3/b14-6-,20-9-. The molecule has 0 aliphatic heterocycles. The highest BCUT2D eigenvalue weighted by Gasteiger charge is 1.98. The van der Waals surface area contributed by atoms with E-state index in [4.69, 9.17) is 0 Å². The number of aryl methyl sites for hydroxylation is 1. The Morgan fingerprint density at radius 3 is 2.48 bits per heavy atom. The Bertz CT molecular complexity index is 710. The van der Waals surface area contributed by atoms with Gasteiger partial charge in [-0.3, -0.25) is 0 Å². The van der Waals surface area contributed by atoms with Crippen LogP contribution < -0.4 is 4.90 Å². The molecule has 0 fully saturated rings. The van der Waals surface area contributed by atoms with Gasteiger partial charge in [0.25, 0.3) is 0 Å². The van der Waals surface area contributed by atoms with Crippen LogP contribution in [0.2, 0.25) is 0 Å². The highest BCUT2D eigenvalue weighted by atomic mass is 32.2. The molecule has 3 heteroatoms. The van der Waals surface area contributed by atoms with Crippen molar-refractivity contribution in [1.82, 2.24) is 0 Å². The number of anilines is 1. The second kappa shape index (κ2) is 8.87. The van der Waals surface area contributed by atoms with E-state index in [0.29, 0.717) is 4.91 Å². The molecule has 0 aliphatic carbocycles. The van der Waals surface area contributed by atoms with Crippen molar-refractivity contribution in [1.29, 1.82) is 5.26 Å². The molecule has 0 atom stereocenters. The van der Waals surface area contributed by atoms with E-state index in [1.54, 1.807) is 11.8 Å². The van der Waals surface area contributed by atoms with Crippen molar-refractivity contribution >= 4 is 17.4 Å². The Hall–Kier alpha value is -2.44. The van der Waals surface area contributed by atoms with Crippen molar-refractivity contribution in [2.75, 3.05) is 11.9 Å². The van der Waals surface area contributed by atoms with Crippen molar-refractivity contribution in [3.63, 3.8) is 0 Å². The Kier molecular flexibility index (Phi) is 6.53. The fraction of sp³-hybridized carbons (Fsp3) is 0.150. The second-order valence-corrected chi connectivity index (χ2v) is 6.22. The van der Waals surface area contributed by atoms with Gasteiger partial charge in [-0.2, -0.15) is 5.26 Å². The van der Waals surface area contributed by atoms with Gasteiger partial charge in [0.15, 0.2) is 0 Å². The van der Waals surface area contributed by atoms with Crippen LogP contribution in [0, 0.1) is 18.3 Å². The summed E-state index contributed by atoms with van der Waals surface area (Å²) in [5, 5.41) is 9.23. The number of thioether (sulfide) groups is 1. The highest BCUT2D eigenvalue weighted by Crippen LogP contribution is 2.21. The van der Waals surface area contributed by atoms with E-state index in [2.05, 4.69) is 49.4 Å². The molecule has 116 valence electrons. The van der Waals surface area contributed by atoms with E-state index < -0.39 is 0 Å². The van der Waals surface area contributed by atoms with Crippen molar-refractivity contribution < 1.29 is 0 Å². The Morgan fingerprint density at radius 1 is 1.13 bits per heavy atom. The minimum Gasteiger partial charge on any atom is -0.351 e. The van der Waals surface area contributed by atoms with E-state index in [1.807, 2.05) is 48.5 Å². The quantitative estimate of drug-likeness (QED) is 0.535. The zero-order valence-corrected chi connectivity index (χ0v) is 14.3. The number of hydrogen-bond donors (Lipinski definition) is 0. The van der Waals surface area contributed by atoms with Crippen LogP contribution in [-0.4, -0.2) is 7.05 Å². The van der Waals surface area contributed by atoms with E-state index in [1.165, 1.54) is 11.1 Å². The van der Waals surface area contributed by atoms with Crippen LogP contribution >= 0.6 is 11.8 Å². The highest BCUT2D eigenvalue weighted by molar-refractivity contribution is 8.02. The molecule has 0 unspecified atom stereocenters. The number of nitriles is 1. The first-order chi connectivity index (χ1) is 11.2. The fourth-order valence-electron chi connectivity index (χ4n) is 1.98. The normalized spacial score (nSPS) is 11.4. The molecule has 0 spiro atoms. The number of allylic oxidation sites excluding steroid dienone is 3. The summed E-state index contributed by atoms with van der Waals surface area (Å²) in [6.07, 6.45) is 5.74. The zero-order chi connectivity index (χ0) is 16.5. The minimum atomic E-state index is 0.711. The number of nitrogens with zero attached hydrogens (tertiary/aromatic N) is 2. The van der Waals surface area contributed by atoms with Crippen LogP contribution in [-0.2, 0) is 5.75 Å². The Morgan fingerprint density at radius 2 is 1.83 bits per heavy atom. The van der Waals surface area contributed by atoms with Gasteiger partial charge in [-0.15, -0.1) is 11.8 Å². The molecule has 0 bridgehead atoms. The van der Waals surface area contributed by atoms with Crippen molar-refractivity contribution in [2.24, 2.45) is 0 Å². The molecule has 0 aliphatic rings. The van der Waals surface area contributed by atoms with Crippen molar-refractivity contribution in [2.45, 2.75) is 12.7 Å². The molecule has 0 N–H and O–H groups in total. The maximum Gasteiger partial charge on any atom is 0.106 e. The van der Waals surface area contributed by atoms with E-state index >= 15 is 0 Å². The maximum absolute atomic E-state index is 9.23. The molecule has 0 heterocycles. The topological polar surface area (TPSA) is 27.0 Å². The number of rotatable bonds is 6. The fourth-order valence-corrected chi connectivity index (χ4v) is 2.73. The van der Waals surface area contributed by atoms with Crippen LogP contribution in [0.15, 0.2) is 77.9 Å². The molecule has 0 aromatic heterocycles. The summed E-state index contributed by atoms with van der Waals surface area (Å²) in [5.74, 6) is 0.807. The summed E-state index contributed by atoms with van der Waals surface area (Å²) in [6, 6.07) is 20.8. The van der Waals surface area contributed by atoms with Gasteiger partial charge >= 0.3 is 0 Å². The smallest absolute Gasteiger partial charge is 0.106 e. The summed E-state index contributed by atoms with van der Waals surface area (Å²) in [7, 11) is 2.00. The van der Waals surface area contributed by atoms with Gasteiger partial charge in [0.1, 0.15) is 6.07 Å². The monoisotopic (exact) mass is 320 g/mol. The van der Waals surface area contributed by atoms with E-state index in [-0.39, 0.29) is 0 Å². The van der Waals surface area contributed by atoms with Crippen molar-refractivity contribution in [3.8, 4) is 6.07 Å². The summed E-state index contributed by atoms with van der Waals surface area (Å²) in [6.45, 7) is 2.07. The van der Waals surface area contributed by atoms with E-state index in [0.717, 1.165) is 11.4 Å². The van der Waals surface area contributed by atoms with Gasteiger partial charge in [-0.25, -0.2) is 0 Å². The van der Waals surface area contributed by atoms with Crippen molar-refractivity contribution in [3.05, 3.63) is 89.0 Å². The third kappa shape index (κ3) is 5.69. The van der Waals surface area contributed by atoms with Gasteiger partial charge in [-0.1, -0.05) is 48.0 Å². The molecule has 23 heavy (non-hydrogen) atoms. The molecule has 0 saturated heterocycles. The van der Waals surface area contributed by atoms with E-state index in [9.17, 15) is 5.26 Å². The van der Waals surface area contributed by atoms with Crippen LogP contribution in [0.25, 0.3) is 0 Å². The van der Waals surface area contributed by atoms with Crippen LogP contribution in [0.4, 0.5) is 5.69 Å². The second-order valence-electron chi connectivity index (χ2n) is 5.20. The lowest BCUT2D eigenvalue weighted by Gasteiger charge is -2.13. The Balaban J connectivity index is 1.93. The Labute approximate surface area is 142 Å². The molecular formula is C20H20N2S. The van der Waals surface area contributed by atoms with Gasteiger partial charge < -0.3 is 4.90 Å². The van der Waals surface area contributed by atoms with Gasteiger partial charge in [-0.05, 0) is 36.8 Å². The largest absolute Gasteiger partial charge is 0.351 e. The molecule has 0 amide bonds. The summed E-state index contributed by atoms with van der Waals surface area (Å²) in [5.41, 5.74) is 3.59. The average molecular weight is 320 g/mol. The molecular weight excluding hydrogens is 300 g/mol. The average Bonchev–Trinajstić information content (AvgIpc) is 2.59. The summed E-state index contributed by atoms with van der Waals surface area (Å²) < 4.78 is 0. The first-order valence-corrected chi connectivity index (χ1v) is 8.42. The molecule has 2 nitrogen and oxygen atoms in total. The van der Waals surface area contributed by atoms with Gasteiger partial charge in [0, 0.05) is 24.7 Å². The number of hydrogen-bond acceptors (Lipinski definition) is 3. The third-order valence-electron chi connectivity index (χ3n) is 3.35. The maximum atomic E-state index is 9.23. The predicted molar refractivity (Wildman–Crippen MR) is 100 cm³/mol. The van der Waals surface area contributed by atoms with Gasteiger partial charge in [0.05, 0.1) is 4.91 Å². The van der Waals surface area contributed by atoms with Crippen LogP contribution in [0.1, 0.15) is 11.1 Å².